The molecule has 0 aliphatic carbocycles. The Morgan fingerprint density at radius 1 is 1.50 bits per heavy atom. The van der Waals surface area contributed by atoms with Crippen LogP contribution in [0.25, 0.3) is 0 Å². The third-order valence-corrected chi connectivity index (χ3v) is 1.57. The fraction of sp³-hybridized carbons (Fsp3) is 0.750. The maximum absolute atomic E-state index is 8.38. The van der Waals surface area contributed by atoms with Crippen molar-refractivity contribution in [2.45, 2.75) is 25.4 Å². The first-order valence-electron chi connectivity index (χ1n) is 3.81. The van der Waals surface area contributed by atoms with Gasteiger partial charge in [-0.25, -0.2) is 0 Å². The Balaban J connectivity index is 1.80. The van der Waals surface area contributed by atoms with Crippen LogP contribution in [0.4, 0.5) is 0 Å². The first-order valence-corrected chi connectivity index (χ1v) is 3.81. The van der Waals surface area contributed by atoms with Gasteiger partial charge in [-0.2, -0.15) is 0 Å². The van der Waals surface area contributed by atoms with Crippen molar-refractivity contribution in [2.75, 3.05) is 13.2 Å². The number of aliphatic hydroxyl groups is 1. The lowest BCUT2D eigenvalue weighted by Gasteiger charge is -1.89. The summed E-state index contributed by atoms with van der Waals surface area (Å²) in [5, 5.41) is 8.38. The summed E-state index contributed by atoms with van der Waals surface area (Å²) in [6.45, 7) is 1.13. The summed E-state index contributed by atoms with van der Waals surface area (Å²) in [5.41, 5.74) is 0. The van der Waals surface area contributed by atoms with Crippen LogP contribution in [0.5, 0.6) is 0 Å². The molecule has 1 N–H and O–H groups in total. The molecule has 0 spiro atoms. The number of hydrogen-bond acceptors (Lipinski definition) is 2. The molecule has 1 aliphatic rings. The summed E-state index contributed by atoms with van der Waals surface area (Å²) in [4.78, 5) is 0. The molecule has 0 radical (unpaired) electrons. The van der Waals surface area contributed by atoms with E-state index in [1.165, 1.54) is 12.8 Å². The number of hydrogen-bond donors (Lipinski definition) is 1. The highest BCUT2D eigenvalue weighted by molar-refractivity contribution is 4.81. The Kier molecular flexibility index (Phi) is 3.47. The van der Waals surface area contributed by atoms with Gasteiger partial charge in [-0.3, -0.25) is 0 Å². The van der Waals surface area contributed by atoms with Crippen LogP contribution in [0.3, 0.4) is 0 Å². The van der Waals surface area contributed by atoms with Crippen LogP contribution in [0.2, 0.25) is 0 Å². The first-order chi connectivity index (χ1) is 4.93. The maximum atomic E-state index is 8.38. The van der Waals surface area contributed by atoms with E-state index in [2.05, 4.69) is 0 Å². The largest absolute Gasteiger partial charge is 0.392 e. The number of unbranched alkanes of at least 4 members (excludes halogenated alkanes) is 1. The van der Waals surface area contributed by atoms with Crippen LogP contribution in [-0.4, -0.2) is 24.4 Å². The molecule has 2 nitrogen and oxygen atoms in total. The minimum Gasteiger partial charge on any atom is -0.392 e. The van der Waals surface area contributed by atoms with Gasteiger partial charge in [-0.15, -0.1) is 0 Å². The summed E-state index contributed by atoms with van der Waals surface area (Å²) >= 11 is 0. The molecule has 0 saturated carbocycles. The molecule has 2 heteroatoms. The molecule has 10 heavy (non-hydrogen) atoms. The zero-order valence-electron chi connectivity index (χ0n) is 6.12. The molecule has 1 saturated heterocycles. The second-order valence-electron chi connectivity index (χ2n) is 2.54. The molecule has 1 atom stereocenters. The van der Waals surface area contributed by atoms with Gasteiger partial charge >= 0.3 is 0 Å². The molecule has 1 heterocycles. The monoisotopic (exact) mass is 142 g/mol. The average molecular weight is 142 g/mol. The summed E-state index contributed by atoms with van der Waals surface area (Å²) in [6.07, 6.45) is 7.79. The van der Waals surface area contributed by atoms with Gasteiger partial charge in [0.2, 0.25) is 0 Å². The highest BCUT2D eigenvalue weighted by atomic mass is 16.6. The van der Waals surface area contributed by atoms with E-state index in [-0.39, 0.29) is 6.61 Å². The Morgan fingerprint density at radius 3 is 2.90 bits per heavy atom. The Bertz CT molecular complexity index is 106. The smallest absolute Gasteiger partial charge is 0.0810 e. The van der Waals surface area contributed by atoms with Gasteiger partial charge in [0.15, 0.2) is 0 Å². The molecule has 58 valence electrons. The number of epoxide rings is 1. The van der Waals surface area contributed by atoms with Crippen LogP contribution in [0.15, 0.2) is 12.2 Å². The molecule has 1 aliphatic heterocycles. The average Bonchev–Trinajstić information content (AvgIpc) is 2.71. The summed E-state index contributed by atoms with van der Waals surface area (Å²) < 4.78 is 5.04. The summed E-state index contributed by atoms with van der Waals surface area (Å²) in [7, 11) is 0. The van der Waals surface area contributed by atoms with E-state index in [0.717, 1.165) is 13.0 Å². The molecule has 0 aromatic carbocycles. The van der Waals surface area contributed by atoms with Gasteiger partial charge in [0.05, 0.1) is 19.3 Å². The SMILES string of the molecule is OCC=CCCCC1CO1. The van der Waals surface area contributed by atoms with Crippen molar-refractivity contribution in [1.29, 1.82) is 0 Å². The number of aliphatic hydroxyl groups excluding tert-OH is 1. The van der Waals surface area contributed by atoms with E-state index >= 15 is 0 Å². The van der Waals surface area contributed by atoms with Crippen LogP contribution < -0.4 is 0 Å². The van der Waals surface area contributed by atoms with Gasteiger partial charge in [0.1, 0.15) is 0 Å². The molecular formula is C8H14O2. The molecule has 0 bridgehead atoms. The summed E-state index contributed by atoms with van der Waals surface area (Å²) in [5.74, 6) is 0. The Hall–Kier alpha value is -0.340. The first kappa shape index (κ1) is 7.76. The van der Waals surface area contributed by atoms with Crippen molar-refractivity contribution < 1.29 is 9.84 Å². The minimum atomic E-state index is 0.167. The van der Waals surface area contributed by atoms with E-state index in [0.29, 0.717) is 6.10 Å². The van der Waals surface area contributed by atoms with Gasteiger partial charge in [-0.1, -0.05) is 12.2 Å². The minimum absolute atomic E-state index is 0.167. The predicted molar refractivity (Wildman–Crippen MR) is 39.8 cm³/mol. The van der Waals surface area contributed by atoms with Gasteiger partial charge < -0.3 is 9.84 Å². The number of allylic oxidation sites excluding steroid dienone is 1. The van der Waals surface area contributed by atoms with Crippen molar-refractivity contribution in [3.8, 4) is 0 Å². The number of ether oxygens (including phenoxy) is 1. The third kappa shape index (κ3) is 3.64. The van der Waals surface area contributed by atoms with Crippen molar-refractivity contribution in [3.63, 3.8) is 0 Å². The zero-order valence-corrected chi connectivity index (χ0v) is 6.12. The highest BCUT2D eigenvalue weighted by Gasteiger charge is 2.20. The third-order valence-electron chi connectivity index (χ3n) is 1.57. The molecule has 1 rings (SSSR count). The van der Waals surface area contributed by atoms with E-state index in [4.69, 9.17) is 9.84 Å². The van der Waals surface area contributed by atoms with E-state index < -0.39 is 0 Å². The lowest BCUT2D eigenvalue weighted by molar-refractivity contribution is 0.342. The summed E-state index contributed by atoms with van der Waals surface area (Å²) in [6, 6.07) is 0. The molecule has 0 aromatic heterocycles. The Morgan fingerprint density at radius 2 is 2.30 bits per heavy atom. The quantitative estimate of drug-likeness (QED) is 0.354. The van der Waals surface area contributed by atoms with Gasteiger partial charge in [-0.05, 0) is 19.3 Å². The fourth-order valence-corrected chi connectivity index (χ4v) is 0.890. The lowest BCUT2D eigenvalue weighted by Crippen LogP contribution is -1.83. The fourth-order valence-electron chi connectivity index (χ4n) is 0.890. The number of rotatable bonds is 5. The maximum Gasteiger partial charge on any atom is 0.0810 e. The molecule has 1 fully saturated rings. The molecular weight excluding hydrogens is 128 g/mol. The van der Waals surface area contributed by atoms with Crippen LogP contribution in [0, 0.1) is 0 Å². The molecule has 0 aromatic rings. The topological polar surface area (TPSA) is 32.8 Å². The van der Waals surface area contributed by atoms with Crippen LogP contribution in [-0.2, 0) is 4.74 Å². The van der Waals surface area contributed by atoms with Crippen LogP contribution >= 0.6 is 0 Å². The van der Waals surface area contributed by atoms with Gasteiger partial charge in [0.25, 0.3) is 0 Å². The predicted octanol–water partition coefficient (Wildman–Crippen LogP) is 1.10. The standard InChI is InChI=1S/C8H14O2/c9-6-4-2-1-3-5-8-7-10-8/h2,4,8-9H,1,3,5-7H2. The van der Waals surface area contributed by atoms with Crippen LogP contribution in [0.1, 0.15) is 19.3 Å². The van der Waals surface area contributed by atoms with E-state index in [1.54, 1.807) is 6.08 Å². The molecule has 1 unspecified atom stereocenters. The second-order valence-corrected chi connectivity index (χ2v) is 2.54. The van der Waals surface area contributed by atoms with E-state index in [9.17, 15) is 0 Å². The van der Waals surface area contributed by atoms with Crippen molar-refractivity contribution in [1.82, 2.24) is 0 Å². The van der Waals surface area contributed by atoms with Crippen molar-refractivity contribution >= 4 is 0 Å². The van der Waals surface area contributed by atoms with Crippen molar-refractivity contribution in [3.05, 3.63) is 12.2 Å². The zero-order chi connectivity index (χ0) is 7.23. The van der Waals surface area contributed by atoms with Crippen molar-refractivity contribution in [2.24, 2.45) is 0 Å². The lowest BCUT2D eigenvalue weighted by atomic mass is 10.2. The highest BCUT2D eigenvalue weighted by Crippen LogP contribution is 2.16. The Labute approximate surface area is 61.5 Å². The van der Waals surface area contributed by atoms with E-state index in [1.807, 2.05) is 6.08 Å². The second kappa shape index (κ2) is 4.47. The van der Waals surface area contributed by atoms with Gasteiger partial charge in [0, 0.05) is 0 Å². The molecule has 0 amide bonds. The normalized spacial score (nSPS) is 23.9.